The van der Waals surface area contributed by atoms with E-state index in [1.165, 1.54) is 7.11 Å². The first-order chi connectivity index (χ1) is 7.39. The number of nitrogens with zero attached hydrogens (tertiary/aromatic N) is 1. The Morgan fingerprint density at radius 1 is 1.38 bits per heavy atom. The van der Waals surface area contributed by atoms with Crippen LogP contribution in [0.25, 0.3) is 0 Å². The van der Waals surface area contributed by atoms with E-state index in [0.717, 1.165) is 0 Å². The number of hydrogen-bond donors (Lipinski definition) is 2. The zero-order valence-electron chi connectivity index (χ0n) is 9.89. The zero-order chi connectivity index (χ0) is 12.8. The van der Waals surface area contributed by atoms with Gasteiger partial charge in [-0.15, -0.1) is 4.83 Å². The smallest absolute Gasteiger partial charge is 0.382 e. The number of quaternary nitrogens is 1. The van der Waals surface area contributed by atoms with Gasteiger partial charge in [-0.2, -0.15) is 8.42 Å². The summed E-state index contributed by atoms with van der Waals surface area (Å²) in [6.45, 7) is 4.28. The summed E-state index contributed by atoms with van der Waals surface area (Å²) in [6.07, 6.45) is 0.0408. The van der Waals surface area contributed by atoms with E-state index in [1.807, 2.05) is 4.83 Å². The summed E-state index contributed by atoms with van der Waals surface area (Å²) in [5.74, 6) is 4.58. The van der Waals surface area contributed by atoms with Gasteiger partial charge in [-0.05, 0) is 13.8 Å². The molecule has 0 saturated carbocycles. The third-order valence-electron chi connectivity index (χ3n) is 2.76. The molecule has 7 nitrogen and oxygen atoms in total. The summed E-state index contributed by atoms with van der Waals surface area (Å²) in [5, 5.41) is 0. The van der Waals surface area contributed by atoms with Gasteiger partial charge in [0.15, 0.2) is 0 Å². The van der Waals surface area contributed by atoms with Crippen LogP contribution in [0.4, 0.5) is 0 Å². The third kappa shape index (κ3) is 3.14. The van der Waals surface area contributed by atoms with Crippen molar-refractivity contribution in [2.45, 2.75) is 20.3 Å². The molecule has 0 unspecified atom stereocenters. The number of methoxy groups -OCH3 is 1. The van der Waals surface area contributed by atoms with Crippen LogP contribution in [0.5, 0.6) is 0 Å². The van der Waals surface area contributed by atoms with Gasteiger partial charge < -0.3 is 4.74 Å². The van der Waals surface area contributed by atoms with Crippen LogP contribution in [0.3, 0.4) is 0 Å². The Kier molecular flexibility index (Phi) is 5.87. The predicted octanol–water partition coefficient (Wildman–Crippen LogP) is -0.886. The normalized spacial score (nSPS) is 12.5. The first-order valence-electron chi connectivity index (χ1n) is 5.04. The molecule has 16 heavy (non-hydrogen) atoms. The lowest BCUT2D eigenvalue weighted by Gasteiger charge is -2.33. The number of esters is 1. The molecule has 3 N–H and O–H groups in total. The molecule has 0 aromatic rings. The lowest BCUT2D eigenvalue weighted by Crippen LogP contribution is -2.59. The van der Waals surface area contributed by atoms with Gasteiger partial charge in [0, 0.05) is 0 Å². The van der Waals surface area contributed by atoms with Crippen LogP contribution in [-0.4, -0.2) is 45.0 Å². The summed E-state index contributed by atoms with van der Waals surface area (Å²) in [6, 6.07) is 0. The van der Waals surface area contributed by atoms with E-state index < -0.39 is 16.2 Å². The van der Waals surface area contributed by atoms with Gasteiger partial charge in [0.2, 0.25) is 0 Å². The Morgan fingerprint density at radius 2 is 1.88 bits per heavy atom. The van der Waals surface area contributed by atoms with E-state index in [2.05, 4.69) is 4.74 Å². The number of carbonyl (C=O) groups is 1. The van der Waals surface area contributed by atoms with E-state index in [0.29, 0.717) is 13.1 Å². The SMILES string of the molecule is CC[N+](CC)(CCC(=O)OC)S(=O)(=O)NN. The minimum absolute atomic E-state index is 0.0408. The topological polar surface area (TPSA) is 98.5 Å². The summed E-state index contributed by atoms with van der Waals surface area (Å²) in [5.41, 5.74) is 0. The van der Waals surface area contributed by atoms with E-state index >= 15 is 0 Å². The van der Waals surface area contributed by atoms with Gasteiger partial charge in [-0.25, -0.2) is 3.89 Å². The summed E-state index contributed by atoms with van der Waals surface area (Å²) >= 11 is 0. The Balaban J connectivity index is 4.91. The molecule has 0 atom stereocenters. The zero-order valence-corrected chi connectivity index (χ0v) is 10.7. The maximum Gasteiger partial charge on any atom is 0.382 e. The second-order valence-corrected chi connectivity index (χ2v) is 5.29. The van der Waals surface area contributed by atoms with E-state index in [9.17, 15) is 13.2 Å². The van der Waals surface area contributed by atoms with E-state index in [1.54, 1.807) is 13.8 Å². The maximum atomic E-state index is 11.8. The summed E-state index contributed by atoms with van der Waals surface area (Å²) < 4.78 is 27.7. The highest BCUT2D eigenvalue weighted by molar-refractivity contribution is 7.83. The molecule has 0 bridgehead atoms. The molecule has 0 fully saturated rings. The van der Waals surface area contributed by atoms with Crippen molar-refractivity contribution in [1.82, 2.24) is 4.83 Å². The molecule has 0 aromatic carbocycles. The van der Waals surface area contributed by atoms with Crippen molar-refractivity contribution in [2.24, 2.45) is 5.84 Å². The van der Waals surface area contributed by atoms with Crippen molar-refractivity contribution in [1.29, 1.82) is 0 Å². The summed E-state index contributed by atoms with van der Waals surface area (Å²) in [4.78, 5) is 12.8. The van der Waals surface area contributed by atoms with Crippen LogP contribution in [-0.2, 0) is 19.7 Å². The van der Waals surface area contributed by atoms with Crippen molar-refractivity contribution in [3.63, 3.8) is 0 Å². The van der Waals surface area contributed by atoms with Gasteiger partial charge in [0.1, 0.15) is 6.54 Å². The molecule has 0 radical (unpaired) electrons. The summed E-state index contributed by atoms with van der Waals surface area (Å²) in [7, 11) is -2.40. The average Bonchev–Trinajstić information content (AvgIpc) is 2.30. The highest BCUT2D eigenvalue weighted by Gasteiger charge is 2.38. The number of nitrogens with one attached hydrogen (secondary N) is 1. The Hall–Kier alpha value is -0.700. The highest BCUT2D eigenvalue weighted by atomic mass is 32.2. The maximum absolute atomic E-state index is 11.8. The predicted molar refractivity (Wildman–Crippen MR) is 59.1 cm³/mol. The lowest BCUT2D eigenvalue weighted by molar-refractivity contribution is -0.802. The molecule has 0 spiro atoms. The molecule has 0 aliphatic heterocycles. The standard InChI is InChI=1S/C8H20N3O4S/c1-4-11(5-2,16(13,14)10-9)7-6-8(12)15-3/h10H,4-7,9H2,1-3H3/q+1. The fourth-order valence-corrected chi connectivity index (χ4v) is 2.74. The Labute approximate surface area is 96.3 Å². The van der Waals surface area contributed by atoms with Gasteiger partial charge in [-0.1, -0.05) is 0 Å². The molecule has 0 aromatic heterocycles. The average molecular weight is 254 g/mol. The van der Waals surface area contributed by atoms with Crippen molar-refractivity contribution in [2.75, 3.05) is 26.7 Å². The minimum atomic E-state index is -3.67. The van der Waals surface area contributed by atoms with Gasteiger partial charge >= 0.3 is 16.2 Å². The molecule has 0 heterocycles. The second kappa shape index (κ2) is 6.14. The molecule has 96 valence electrons. The second-order valence-electron chi connectivity index (χ2n) is 3.33. The molecule has 0 amide bonds. The van der Waals surface area contributed by atoms with Crippen molar-refractivity contribution < 1.29 is 21.8 Å². The quantitative estimate of drug-likeness (QED) is 0.266. The van der Waals surface area contributed by atoms with Crippen LogP contribution < -0.4 is 10.7 Å². The Morgan fingerprint density at radius 3 is 2.19 bits per heavy atom. The molecule has 8 heteroatoms. The van der Waals surface area contributed by atoms with Crippen molar-refractivity contribution in [3.8, 4) is 0 Å². The van der Waals surface area contributed by atoms with E-state index in [4.69, 9.17) is 5.84 Å². The molecular formula is C8H20N3O4S+. The van der Waals surface area contributed by atoms with Crippen molar-refractivity contribution in [3.05, 3.63) is 0 Å². The number of hydrazine groups is 1. The number of ether oxygens (including phenoxy) is 1. The molecular weight excluding hydrogens is 234 g/mol. The number of nitrogens with two attached hydrogens (primary N) is 1. The molecule has 0 rings (SSSR count). The Bertz CT molecular complexity index is 324. The molecule has 0 aliphatic carbocycles. The van der Waals surface area contributed by atoms with Gasteiger partial charge in [-0.3, -0.25) is 10.6 Å². The van der Waals surface area contributed by atoms with Crippen LogP contribution in [0, 0.1) is 0 Å². The van der Waals surface area contributed by atoms with E-state index in [-0.39, 0.29) is 16.9 Å². The monoisotopic (exact) mass is 254 g/mol. The van der Waals surface area contributed by atoms with Crippen LogP contribution >= 0.6 is 0 Å². The van der Waals surface area contributed by atoms with Crippen molar-refractivity contribution >= 4 is 16.2 Å². The number of hydrogen-bond acceptors (Lipinski definition) is 5. The highest BCUT2D eigenvalue weighted by Crippen LogP contribution is 2.14. The first-order valence-corrected chi connectivity index (χ1v) is 6.48. The first kappa shape index (κ1) is 15.3. The van der Waals surface area contributed by atoms with Gasteiger partial charge in [0.05, 0.1) is 26.6 Å². The van der Waals surface area contributed by atoms with Crippen LogP contribution in [0.2, 0.25) is 0 Å². The van der Waals surface area contributed by atoms with Crippen LogP contribution in [0.1, 0.15) is 20.3 Å². The third-order valence-corrected chi connectivity index (χ3v) is 4.78. The largest absolute Gasteiger partial charge is 0.469 e. The van der Waals surface area contributed by atoms with Crippen LogP contribution in [0.15, 0.2) is 0 Å². The molecule has 0 aliphatic rings. The number of carbonyl (C=O) groups excluding carboxylic acids is 1. The van der Waals surface area contributed by atoms with Gasteiger partial charge in [0.25, 0.3) is 0 Å². The lowest BCUT2D eigenvalue weighted by atomic mass is 10.4. The molecule has 0 saturated heterocycles. The minimum Gasteiger partial charge on any atom is -0.469 e. The fourth-order valence-electron chi connectivity index (χ4n) is 1.51. The fraction of sp³-hybridized carbons (Fsp3) is 0.875. The number of rotatable bonds is 7.